The topological polar surface area (TPSA) is 58.6 Å². The number of methoxy groups -OCH3 is 1. The van der Waals surface area contributed by atoms with Crippen LogP contribution in [0.15, 0.2) is 36.4 Å². The largest absolute Gasteiger partial charge is 0.467 e. The zero-order valence-corrected chi connectivity index (χ0v) is 20.0. The van der Waals surface area contributed by atoms with Crippen molar-refractivity contribution >= 4 is 45.7 Å². The molecular formula is C27H25ClN4O2. The lowest BCUT2D eigenvalue weighted by atomic mass is 9.88. The Hall–Kier alpha value is -3.56. The molecule has 1 saturated heterocycles. The Morgan fingerprint density at radius 2 is 1.82 bits per heavy atom. The van der Waals surface area contributed by atoms with Crippen molar-refractivity contribution in [3.63, 3.8) is 0 Å². The predicted molar refractivity (Wildman–Crippen MR) is 136 cm³/mol. The summed E-state index contributed by atoms with van der Waals surface area (Å²) in [5, 5.41) is 2.94. The number of aromatic nitrogens is 2. The average Bonchev–Trinajstić information content (AvgIpc) is 2.87. The highest BCUT2D eigenvalue weighted by Gasteiger charge is 2.27. The fourth-order valence-electron chi connectivity index (χ4n) is 4.76. The molecule has 1 aromatic heterocycles. The van der Waals surface area contributed by atoms with Crippen LogP contribution in [0.1, 0.15) is 30.2 Å². The van der Waals surface area contributed by atoms with E-state index >= 15 is 0 Å². The van der Waals surface area contributed by atoms with Gasteiger partial charge in [-0.15, -0.1) is 0 Å². The van der Waals surface area contributed by atoms with E-state index in [1.54, 1.807) is 18.9 Å². The minimum absolute atomic E-state index is 0.120. The van der Waals surface area contributed by atoms with E-state index < -0.39 is 0 Å². The summed E-state index contributed by atoms with van der Waals surface area (Å²) in [5.74, 6) is 6.09. The Bertz CT molecular complexity index is 1360. The number of allylic oxidation sites excluding steroid dienone is 1. The molecule has 172 valence electrons. The van der Waals surface area contributed by atoms with Gasteiger partial charge in [-0.3, -0.25) is 4.79 Å². The maximum Gasteiger partial charge on any atom is 0.318 e. The standard InChI is InChI=1S/C27H25ClN4O2/c1-3-6-24(33)31-13-15-32(16-14-31)26-21-12-11-19(17-23(21)29-27(30-26)34-2)20-9-4-7-18-8-5-10-22(28)25(18)20/h4-5,7-10,17H,11-16H2,1-2H3. The Labute approximate surface area is 204 Å². The van der Waals surface area contributed by atoms with Gasteiger partial charge in [-0.1, -0.05) is 47.9 Å². The predicted octanol–water partition coefficient (Wildman–Crippen LogP) is 4.45. The number of carbonyl (C=O) groups excluding carboxylic acids is 1. The second-order valence-corrected chi connectivity index (χ2v) is 8.77. The van der Waals surface area contributed by atoms with Gasteiger partial charge in [0.15, 0.2) is 0 Å². The molecule has 1 aliphatic carbocycles. The molecule has 0 saturated carbocycles. The number of anilines is 1. The Morgan fingerprint density at radius 3 is 2.56 bits per heavy atom. The number of benzene rings is 2. The van der Waals surface area contributed by atoms with Crippen molar-refractivity contribution in [2.45, 2.75) is 19.8 Å². The number of fused-ring (bicyclic) bond motifs is 2. The summed E-state index contributed by atoms with van der Waals surface area (Å²) in [7, 11) is 1.59. The van der Waals surface area contributed by atoms with Gasteiger partial charge in [0.2, 0.25) is 0 Å². The maximum atomic E-state index is 12.1. The molecule has 3 aromatic rings. The third kappa shape index (κ3) is 4.08. The van der Waals surface area contributed by atoms with Crippen LogP contribution in [0.2, 0.25) is 5.02 Å². The highest BCUT2D eigenvalue weighted by molar-refractivity contribution is 6.36. The van der Waals surface area contributed by atoms with Crippen molar-refractivity contribution < 1.29 is 9.53 Å². The fourth-order valence-corrected chi connectivity index (χ4v) is 5.04. The number of nitrogens with zero attached hydrogens (tertiary/aromatic N) is 4. The minimum Gasteiger partial charge on any atom is -0.467 e. The molecule has 2 heterocycles. The van der Waals surface area contributed by atoms with Gasteiger partial charge in [0.1, 0.15) is 5.82 Å². The first-order chi connectivity index (χ1) is 16.6. The van der Waals surface area contributed by atoms with E-state index in [9.17, 15) is 4.79 Å². The van der Waals surface area contributed by atoms with Crippen LogP contribution in [0.4, 0.5) is 5.82 Å². The monoisotopic (exact) mass is 472 g/mol. The van der Waals surface area contributed by atoms with Crippen molar-refractivity contribution in [1.82, 2.24) is 14.9 Å². The number of hydrogen-bond donors (Lipinski definition) is 0. The molecular weight excluding hydrogens is 448 g/mol. The maximum absolute atomic E-state index is 12.1. The third-order valence-corrected chi connectivity index (χ3v) is 6.75. The van der Waals surface area contributed by atoms with Crippen LogP contribution in [0.5, 0.6) is 6.01 Å². The highest BCUT2D eigenvalue weighted by Crippen LogP contribution is 2.39. The highest BCUT2D eigenvalue weighted by atomic mass is 35.5. The molecule has 1 amide bonds. The summed E-state index contributed by atoms with van der Waals surface area (Å²) in [5.41, 5.74) is 4.33. The number of rotatable bonds is 3. The minimum atomic E-state index is -0.120. The van der Waals surface area contributed by atoms with Gasteiger partial charge < -0.3 is 14.5 Å². The molecule has 6 nitrogen and oxygen atoms in total. The lowest BCUT2D eigenvalue weighted by Crippen LogP contribution is -2.49. The van der Waals surface area contributed by atoms with E-state index in [0.717, 1.165) is 51.3 Å². The quantitative estimate of drug-likeness (QED) is 0.527. The van der Waals surface area contributed by atoms with Crippen LogP contribution >= 0.6 is 11.6 Å². The van der Waals surface area contributed by atoms with Gasteiger partial charge >= 0.3 is 6.01 Å². The average molecular weight is 473 g/mol. The van der Waals surface area contributed by atoms with Crippen molar-refractivity contribution in [1.29, 1.82) is 0 Å². The second kappa shape index (κ2) is 9.36. The smallest absolute Gasteiger partial charge is 0.318 e. The van der Waals surface area contributed by atoms with Crippen molar-refractivity contribution in [3.05, 3.63) is 58.2 Å². The Morgan fingerprint density at radius 1 is 1.06 bits per heavy atom. The lowest BCUT2D eigenvalue weighted by Gasteiger charge is -2.36. The first-order valence-electron chi connectivity index (χ1n) is 11.4. The number of halogens is 1. The van der Waals surface area contributed by atoms with Crippen LogP contribution < -0.4 is 9.64 Å². The second-order valence-electron chi connectivity index (χ2n) is 8.37. The molecule has 5 rings (SSSR count). The zero-order chi connectivity index (χ0) is 23.7. The molecule has 7 heteroatoms. The van der Waals surface area contributed by atoms with E-state index in [-0.39, 0.29) is 5.91 Å². The molecule has 2 aromatic carbocycles. The number of amides is 1. The van der Waals surface area contributed by atoms with Gasteiger partial charge in [-0.2, -0.15) is 9.97 Å². The van der Waals surface area contributed by atoms with Crippen LogP contribution in [-0.4, -0.2) is 54.1 Å². The van der Waals surface area contributed by atoms with E-state index in [2.05, 4.69) is 52.1 Å². The first-order valence-corrected chi connectivity index (χ1v) is 11.8. The van der Waals surface area contributed by atoms with Crippen molar-refractivity contribution in [3.8, 4) is 17.9 Å². The van der Waals surface area contributed by atoms with Gasteiger partial charge in [-0.05, 0) is 54.4 Å². The number of carbonyl (C=O) groups is 1. The normalized spacial score (nSPS) is 15.3. The number of piperazine rings is 1. The van der Waals surface area contributed by atoms with E-state index in [0.29, 0.717) is 32.2 Å². The van der Waals surface area contributed by atoms with E-state index in [1.165, 1.54) is 5.57 Å². The summed E-state index contributed by atoms with van der Waals surface area (Å²) in [6.07, 6.45) is 3.83. The molecule has 0 radical (unpaired) electrons. The van der Waals surface area contributed by atoms with Crippen LogP contribution in [0, 0.1) is 11.8 Å². The Balaban J connectivity index is 1.51. The molecule has 0 atom stereocenters. The summed E-state index contributed by atoms with van der Waals surface area (Å²) < 4.78 is 5.45. The molecule has 0 unspecified atom stereocenters. The third-order valence-electron chi connectivity index (χ3n) is 6.43. The lowest BCUT2D eigenvalue weighted by molar-refractivity contribution is -0.125. The molecule has 2 aliphatic rings. The van der Waals surface area contributed by atoms with Crippen LogP contribution in [0.3, 0.4) is 0 Å². The molecule has 0 spiro atoms. The Kier molecular flexibility index (Phi) is 6.12. The van der Waals surface area contributed by atoms with Crippen LogP contribution in [0.25, 0.3) is 22.4 Å². The van der Waals surface area contributed by atoms with Crippen LogP contribution in [-0.2, 0) is 11.2 Å². The van der Waals surface area contributed by atoms with Gasteiger partial charge in [0.25, 0.3) is 5.91 Å². The van der Waals surface area contributed by atoms with E-state index in [1.807, 2.05) is 12.1 Å². The van der Waals surface area contributed by atoms with Gasteiger partial charge in [0, 0.05) is 42.2 Å². The SMILES string of the molecule is CC#CC(=O)N1CCN(c2nc(OC)nc3c2CCC(c2cccc4cccc(Cl)c24)=C3)CC1. The molecule has 1 aliphatic heterocycles. The number of ether oxygens (including phenoxy) is 1. The number of hydrogen-bond acceptors (Lipinski definition) is 5. The van der Waals surface area contributed by atoms with Gasteiger partial charge in [-0.25, -0.2) is 0 Å². The van der Waals surface area contributed by atoms with Crippen molar-refractivity contribution in [2.24, 2.45) is 0 Å². The summed E-state index contributed by atoms with van der Waals surface area (Å²) >= 11 is 6.59. The van der Waals surface area contributed by atoms with Crippen molar-refractivity contribution in [2.75, 3.05) is 38.2 Å². The van der Waals surface area contributed by atoms with E-state index in [4.69, 9.17) is 21.3 Å². The molecule has 1 fully saturated rings. The first kappa shape index (κ1) is 22.2. The molecule has 0 N–H and O–H groups in total. The van der Waals surface area contributed by atoms with Gasteiger partial charge in [0.05, 0.1) is 12.8 Å². The molecule has 0 bridgehead atoms. The summed E-state index contributed by atoms with van der Waals surface area (Å²) in [4.78, 5) is 25.5. The summed E-state index contributed by atoms with van der Waals surface area (Å²) in [6, 6.07) is 12.6. The summed E-state index contributed by atoms with van der Waals surface area (Å²) in [6.45, 7) is 4.30. The zero-order valence-electron chi connectivity index (χ0n) is 19.3. The fraction of sp³-hybridized carbons (Fsp3) is 0.296. The molecule has 34 heavy (non-hydrogen) atoms.